The molecule has 80 valence electrons. The predicted octanol–water partition coefficient (Wildman–Crippen LogP) is 1.56. The molecule has 0 saturated heterocycles. The van der Waals surface area contributed by atoms with Gasteiger partial charge in [-0.1, -0.05) is 35.0 Å². The number of benzene rings is 1. The fourth-order valence-corrected chi connectivity index (χ4v) is 1.50. The monoisotopic (exact) mass is 213 g/mol. The summed E-state index contributed by atoms with van der Waals surface area (Å²) in [6, 6.07) is 13.1. The fraction of sp³-hybridized carbons (Fsp3) is 0.154. The Hall–Kier alpha value is -2.03. The smallest absolute Gasteiger partial charge is 0.236 e. The zero-order valence-corrected chi connectivity index (χ0v) is 9.13. The number of aromatic nitrogens is 2. The third-order valence-electron chi connectivity index (χ3n) is 2.28. The van der Waals surface area contributed by atoms with Crippen LogP contribution < -0.4 is 4.68 Å². The Morgan fingerprint density at radius 1 is 1.19 bits per heavy atom. The van der Waals surface area contributed by atoms with Gasteiger partial charge in [-0.25, -0.2) is 0 Å². The van der Waals surface area contributed by atoms with Gasteiger partial charge in [-0.05, 0) is 18.1 Å². The van der Waals surface area contributed by atoms with Gasteiger partial charge < -0.3 is 0 Å². The van der Waals surface area contributed by atoms with Gasteiger partial charge >= 0.3 is 0 Å². The molecule has 0 N–H and O–H groups in total. The van der Waals surface area contributed by atoms with E-state index in [2.05, 4.69) is 5.10 Å². The molecule has 0 radical (unpaired) electrons. The summed E-state index contributed by atoms with van der Waals surface area (Å²) in [5, 5.41) is 4.23. The first-order valence-electron chi connectivity index (χ1n) is 5.17. The lowest BCUT2D eigenvalue weighted by atomic mass is 10.1. The van der Waals surface area contributed by atoms with Crippen molar-refractivity contribution in [3.8, 4) is 0 Å². The van der Waals surface area contributed by atoms with Gasteiger partial charge in [-0.2, -0.15) is 0 Å². The molecule has 16 heavy (non-hydrogen) atoms. The molecule has 0 saturated carbocycles. The average molecular weight is 213 g/mol. The van der Waals surface area contributed by atoms with E-state index in [9.17, 15) is 4.79 Å². The van der Waals surface area contributed by atoms with Crippen LogP contribution in [0, 0.1) is 6.92 Å². The van der Waals surface area contributed by atoms with Gasteiger partial charge in [0.15, 0.2) is 6.20 Å². The lowest BCUT2D eigenvalue weighted by Gasteiger charge is -1.96. The quantitative estimate of drug-likeness (QED) is 0.572. The summed E-state index contributed by atoms with van der Waals surface area (Å²) >= 11 is 0. The van der Waals surface area contributed by atoms with E-state index in [4.69, 9.17) is 0 Å². The van der Waals surface area contributed by atoms with Crippen LogP contribution in [0.2, 0.25) is 0 Å². The molecule has 0 fully saturated rings. The molecule has 0 aliphatic rings. The maximum atomic E-state index is 11.9. The van der Waals surface area contributed by atoms with Gasteiger partial charge in [0, 0.05) is 11.6 Å². The maximum Gasteiger partial charge on any atom is 0.236 e. The number of carbonyl (C=O) groups excluding carboxylic acids is 1. The summed E-state index contributed by atoms with van der Waals surface area (Å²) in [7, 11) is 0. The Balaban J connectivity index is 2.14. The first kappa shape index (κ1) is 10.5. The number of hydrogen-bond acceptors (Lipinski definition) is 2. The van der Waals surface area contributed by atoms with Crippen LogP contribution in [0.4, 0.5) is 0 Å². The highest BCUT2D eigenvalue weighted by Crippen LogP contribution is 1.99. The van der Waals surface area contributed by atoms with Crippen molar-refractivity contribution in [3.05, 3.63) is 59.9 Å². The molecular formula is C13H13N2O+. The lowest BCUT2D eigenvalue weighted by molar-refractivity contribution is -0.741. The fourth-order valence-electron chi connectivity index (χ4n) is 1.50. The molecule has 3 heteroatoms. The van der Waals surface area contributed by atoms with Gasteiger partial charge in [0.25, 0.3) is 0 Å². The summed E-state index contributed by atoms with van der Waals surface area (Å²) in [5.74, 6) is 0.0729. The van der Waals surface area contributed by atoms with Crippen LogP contribution in [-0.4, -0.2) is 10.9 Å². The topological polar surface area (TPSA) is 33.8 Å². The lowest BCUT2D eigenvalue weighted by Crippen LogP contribution is -2.41. The minimum atomic E-state index is 0.0729. The Morgan fingerprint density at radius 3 is 2.62 bits per heavy atom. The number of rotatable bonds is 3. The van der Waals surface area contributed by atoms with Crippen LogP contribution in [0.15, 0.2) is 48.7 Å². The molecule has 1 heterocycles. The second-order valence-corrected chi connectivity index (χ2v) is 3.64. The normalized spacial score (nSPS) is 10.1. The van der Waals surface area contributed by atoms with Gasteiger partial charge in [0.2, 0.25) is 12.3 Å². The minimum absolute atomic E-state index is 0.0729. The van der Waals surface area contributed by atoms with Crippen LogP contribution in [0.1, 0.15) is 16.1 Å². The summed E-state index contributed by atoms with van der Waals surface area (Å²) < 4.78 is 1.66. The van der Waals surface area contributed by atoms with E-state index < -0.39 is 0 Å². The molecule has 0 atom stereocenters. The predicted molar refractivity (Wildman–Crippen MR) is 59.9 cm³/mol. The summed E-state index contributed by atoms with van der Waals surface area (Å²) in [4.78, 5) is 11.9. The van der Waals surface area contributed by atoms with Crippen molar-refractivity contribution in [3.63, 3.8) is 0 Å². The number of ketones is 1. The number of aryl methyl sites for hydroxylation is 1. The van der Waals surface area contributed by atoms with E-state index in [1.165, 1.54) is 0 Å². The Kier molecular flexibility index (Phi) is 3.05. The first-order valence-corrected chi connectivity index (χ1v) is 5.17. The van der Waals surface area contributed by atoms with Crippen LogP contribution in [-0.2, 0) is 6.54 Å². The summed E-state index contributed by atoms with van der Waals surface area (Å²) in [6.45, 7) is 2.19. The number of hydrogen-bond donors (Lipinski definition) is 0. The second kappa shape index (κ2) is 4.66. The highest BCUT2D eigenvalue weighted by molar-refractivity contribution is 5.94. The van der Waals surface area contributed by atoms with Crippen LogP contribution in [0.5, 0.6) is 0 Å². The van der Waals surface area contributed by atoms with Crippen molar-refractivity contribution in [2.45, 2.75) is 13.5 Å². The molecule has 3 nitrogen and oxygen atoms in total. The van der Waals surface area contributed by atoms with E-state index >= 15 is 0 Å². The first-order chi connectivity index (χ1) is 7.75. The van der Waals surface area contributed by atoms with Gasteiger partial charge in [-0.3, -0.25) is 4.79 Å². The number of carbonyl (C=O) groups is 1. The number of Topliss-reactive ketones (excluding diaryl/α,β-unsaturated/α-hetero) is 1. The van der Waals surface area contributed by atoms with E-state index in [-0.39, 0.29) is 12.3 Å². The molecule has 0 amide bonds. The molecule has 0 unspecified atom stereocenters. The van der Waals surface area contributed by atoms with Gasteiger partial charge in [-0.15, -0.1) is 0 Å². The van der Waals surface area contributed by atoms with Crippen molar-refractivity contribution in [2.75, 3.05) is 0 Å². The number of nitrogens with zero attached hydrogens (tertiary/aromatic N) is 2. The highest BCUT2D eigenvalue weighted by Gasteiger charge is 2.12. The molecule has 0 bridgehead atoms. The SMILES string of the molecule is Cc1ccc[n+](CC(=O)c2ccccc2)n1. The van der Waals surface area contributed by atoms with Crippen molar-refractivity contribution >= 4 is 5.78 Å². The highest BCUT2D eigenvalue weighted by atomic mass is 16.1. The van der Waals surface area contributed by atoms with Crippen molar-refractivity contribution in [1.82, 2.24) is 5.10 Å². The van der Waals surface area contributed by atoms with Crippen molar-refractivity contribution < 1.29 is 9.48 Å². The molecule has 2 aromatic rings. The molecule has 0 spiro atoms. The van der Waals surface area contributed by atoms with Crippen LogP contribution >= 0.6 is 0 Å². The third-order valence-corrected chi connectivity index (χ3v) is 2.28. The molecule has 1 aromatic carbocycles. The maximum absolute atomic E-state index is 11.9. The second-order valence-electron chi connectivity index (χ2n) is 3.64. The van der Waals surface area contributed by atoms with E-state index in [1.807, 2.05) is 49.4 Å². The standard InChI is InChI=1S/C13H13N2O/c1-11-6-5-9-15(14-11)10-13(16)12-7-3-2-4-8-12/h2-9H,10H2,1H3/q+1. The zero-order valence-electron chi connectivity index (χ0n) is 9.13. The van der Waals surface area contributed by atoms with Crippen molar-refractivity contribution in [2.24, 2.45) is 0 Å². The van der Waals surface area contributed by atoms with E-state index in [0.29, 0.717) is 0 Å². The Morgan fingerprint density at radius 2 is 1.94 bits per heavy atom. The van der Waals surface area contributed by atoms with Crippen LogP contribution in [0.25, 0.3) is 0 Å². The Bertz CT molecular complexity index is 494. The average Bonchev–Trinajstić information content (AvgIpc) is 2.30. The van der Waals surface area contributed by atoms with Gasteiger partial charge in [0.05, 0.1) is 0 Å². The van der Waals surface area contributed by atoms with E-state index in [0.717, 1.165) is 11.3 Å². The zero-order chi connectivity index (χ0) is 11.4. The van der Waals surface area contributed by atoms with Crippen molar-refractivity contribution in [1.29, 1.82) is 0 Å². The molecule has 0 aliphatic carbocycles. The summed E-state index contributed by atoms with van der Waals surface area (Å²) in [6.07, 6.45) is 1.80. The van der Waals surface area contributed by atoms with E-state index in [1.54, 1.807) is 10.9 Å². The molecule has 1 aromatic heterocycles. The molecule has 2 rings (SSSR count). The minimum Gasteiger partial charge on any atom is -0.287 e. The largest absolute Gasteiger partial charge is 0.287 e. The third kappa shape index (κ3) is 2.51. The van der Waals surface area contributed by atoms with Crippen LogP contribution in [0.3, 0.4) is 0 Å². The molecule has 0 aliphatic heterocycles. The van der Waals surface area contributed by atoms with Gasteiger partial charge in [0.1, 0.15) is 5.69 Å². The summed E-state index contributed by atoms with van der Waals surface area (Å²) in [5.41, 5.74) is 1.63. The molecular weight excluding hydrogens is 200 g/mol. The Labute approximate surface area is 94.4 Å².